The summed E-state index contributed by atoms with van der Waals surface area (Å²) in [6.07, 6.45) is 1.23. The number of carboxylic acid groups (broad SMARTS) is 1. The van der Waals surface area contributed by atoms with Gasteiger partial charge in [0.05, 0.1) is 10.7 Å². The van der Waals surface area contributed by atoms with Gasteiger partial charge in [0.1, 0.15) is 6.33 Å². The van der Waals surface area contributed by atoms with E-state index >= 15 is 0 Å². The lowest BCUT2D eigenvalue weighted by atomic mass is 10.1. The SMILES string of the molecule is O=C(O)c1cc(-c2cc(Cl)ccc2Cl)nc2ncnn12. The Labute approximate surface area is 122 Å². The van der Waals surface area contributed by atoms with E-state index in [2.05, 4.69) is 15.1 Å². The molecule has 2 aromatic heterocycles. The van der Waals surface area contributed by atoms with Gasteiger partial charge in [-0.25, -0.2) is 9.78 Å². The first-order chi connectivity index (χ1) is 9.56. The molecule has 1 N–H and O–H groups in total. The van der Waals surface area contributed by atoms with Gasteiger partial charge in [-0.1, -0.05) is 23.2 Å². The molecule has 0 amide bonds. The fourth-order valence-electron chi connectivity index (χ4n) is 1.80. The zero-order chi connectivity index (χ0) is 14.3. The average Bonchev–Trinajstić information content (AvgIpc) is 2.88. The summed E-state index contributed by atoms with van der Waals surface area (Å²) < 4.78 is 1.14. The normalized spacial score (nSPS) is 10.9. The number of hydrogen-bond donors (Lipinski definition) is 1. The van der Waals surface area contributed by atoms with Gasteiger partial charge in [-0.05, 0) is 24.3 Å². The molecule has 8 heteroatoms. The summed E-state index contributed by atoms with van der Waals surface area (Å²) in [5.41, 5.74) is 0.848. The Kier molecular flexibility index (Phi) is 3.04. The zero-order valence-electron chi connectivity index (χ0n) is 9.79. The molecular formula is C12H6Cl2N4O2. The van der Waals surface area contributed by atoms with Gasteiger partial charge >= 0.3 is 5.97 Å². The smallest absolute Gasteiger partial charge is 0.354 e. The van der Waals surface area contributed by atoms with Crippen molar-refractivity contribution in [3.8, 4) is 11.3 Å². The average molecular weight is 309 g/mol. The Bertz CT molecular complexity index is 831. The molecule has 100 valence electrons. The number of carbonyl (C=O) groups is 1. The summed E-state index contributed by atoms with van der Waals surface area (Å²) >= 11 is 12.0. The van der Waals surface area contributed by atoms with Crippen LogP contribution in [0.3, 0.4) is 0 Å². The van der Waals surface area contributed by atoms with Crippen LogP contribution < -0.4 is 0 Å². The van der Waals surface area contributed by atoms with Crippen LogP contribution in [-0.2, 0) is 0 Å². The number of aromatic carboxylic acids is 1. The molecule has 20 heavy (non-hydrogen) atoms. The van der Waals surface area contributed by atoms with E-state index in [1.54, 1.807) is 18.2 Å². The molecule has 3 rings (SSSR count). The van der Waals surface area contributed by atoms with Gasteiger partial charge in [-0.3, -0.25) is 0 Å². The largest absolute Gasteiger partial charge is 0.477 e. The van der Waals surface area contributed by atoms with Crippen molar-refractivity contribution >= 4 is 34.9 Å². The van der Waals surface area contributed by atoms with Gasteiger partial charge in [-0.2, -0.15) is 14.6 Å². The third-order valence-corrected chi connectivity index (χ3v) is 3.24. The standard InChI is InChI=1S/C12H6Cl2N4O2/c13-6-1-2-8(14)7(3-6)9-4-10(11(19)20)18-12(17-9)15-5-16-18/h1-5H,(H,19,20). The van der Waals surface area contributed by atoms with Crippen LogP contribution in [0.1, 0.15) is 10.5 Å². The van der Waals surface area contributed by atoms with E-state index in [1.165, 1.54) is 12.4 Å². The molecule has 0 spiro atoms. The van der Waals surface area contributed by atoms with Crippen molar-refractivity contribution in [1.29, 1.82) is 0 Å². The first-order valence-corrected chi connectivity index (χ1v) is 6.21. The third kappa shape index (κ3) is 2.09. The molecule has 0 atom stereocenters. The van der Waals surface area contributed by atoms with Crippen molar-refractivity contribution in [2.75, 3.05) is 0 Å². The molecule has 0 bridgehead atoms. The second-order valence-corrected chi connectivity index (χ2v) is 4.77. The minimum Gasteiger partial charge on any atom is -0.477 e. The highest BCUT2D eigenvalue weighted by molar-refractivity contribution is 6.35. The summed E-state index contributed by atoms with van der Waals surface area (Å²) in [6, 6.07) is 6.25. The third-order valence-electron chi connectivity index (χ3n) is 2.68. The monoisotopic (exact) mass is 308 g/mol. The summed E-state index contributed by atoms with van der Waals surface area (Å²) in [6.45, 7) is 0. The van der Waals surface area contributed by atoms with Crippen LogP contribution in [0.4, 0.5) is 0 Å². The number of halogens is 2. The van der Waals surface area contributed by atoms with Gasteiger partial charge in [0.15, 0.2) is 5.69 Å². The molecule has 3 aromatic rings. The number of benzene rings is 1. The van der Waals surface area contributed by atoms with Crippen LogP contribution in [0.25, 0.3) is 17.0 Å². The highest BCUT2D eigenvalue weighted by Crippen LogP contribution is 2.30. The maximum absolute atomic E-state index is 11.3. The maximum atomic E-state index is 11.3. The number of aromatic nitrogens is 4. The molecule has 0 aliphatic carbocycles. The maximum Gasteiger partial charge on any atom is 0.354 e. The Morgan fingerprint density at radius 3 is 2.80 bits per heavy atom. The van der Waals surface area contributed by atoms with Crippen LogP contribution in [0.15, 0.2) is 30.6 Å². The molecule has 0 saturated carbocycles. The number of rotatable bonds is 2. The van der Waals surface area contributed by atoms with E-state index < -0.39 is 5.97 Å². The van der Waals surface area contributed by atoms with Crippen LogP contribution in [-0.4, -0.2) is 30.7 Å². The molecule has 1 aromatic carbocycles. The minimum absolute atomic E-state index is 0.0569. The summed E-state index contributed by atoms with van der Waals surface area (Å²) in [5.74, 6) is -0.960. The number of fused-ring (bicyclic) bond motifs is 1. The second-order valence-electron chi connectivity index (χ2n) is 3.93. The number of hydrogen-bond acceptors (Lipinski definition) is 4. The van der Waals surface area contributed by atoms with Crippen molar-refractivity contribution in [1.82, 2.24) is 19.6 Å². The Hall–Kier alpha value is -2.18. The molecule has 0 unspecified atom stereocenters. The van der Waals surface area contributed by atoms with Crippen molar-refractivity contribution in [2.45, 2.75) is 0 Å². The van der Waals surface area contributed by atoms with E-state index in [0.717, 1.165) is 4.52 Å². The predicted molar refractivity (Wildman–Crippen MR) is 73.2 cm³/mol. The predicted octanol–water partition coefficient (Wildman–Crippen LogP) is 2.80. The van der Waals surface area contributed by atoms with Gasteiger partial charge in [0.25, 0.3) is 5.78 Å². The van der Waals surface area contributed by atoms with E-state index in [1.807, 2.05) is 0 Å². The van der Waals surface area contributed by atoms with Crippen molar-refractivity contribution < 1.29 is 9.90 Å². The van der Waals surface area contributed by atoms with Crippen molar-refractivity contribution in [2.24, 2.45) is 0 Å². The second kappa shape index (κ2) is 4.73. The van der Waals surface area contributed by atoms with E-state index in [-0.39, 0.29) is 11.5 Å². The Morgan fingerprint density at radius 2 is 2.05 bits per heavy atom. The molecule has 0 saturated heterocycles. The van der Waals surface area contributed by atoms with E-state index in [0.29, 0.717) is 21.3 Å². The van der Waals surface area contributed by atoms with Crippen LogP contribution in [0.5, 0.6) is 0 Å². The van der Waals surface area contributed by atoms with E-state index in [9.17, 15) is 9.90 Å². The first-order valence-electron chi connectivity index (χ1n) is 5.46. The fourth-order valence-corrected chi connectivity index (χ4v) is 2.18. The van der Waals surface area contributed by atoms with E-state index in [4.69, 9.17) is 23.2 Å². The topological polar surface area (TPSA) is 80.4 Å². The van der Waals surface area contributed by atoms with Crippen molar-refractivity contribution in [3.63, 3.8) is 0 Å². The fraction of sp³-hybridized carbons (Fsp3) is 0. The lowest BCUT2D eigenvalue weighted by molar-refractivity contribution is 0.0687. The molecule has 2 heterocycles. The summed E-state index contributed by atoms with van der Waals surface area (Å²) in [7, 11) is 0. The van der Waals surface area contributed by atoms with Crippen LogP contribution in [0.2, 0.25) is 10.0 Å². The van der Waals surface area contributed by atoms with Crippen LogP contribution >= 0.6 is 23.2 Å². The van der Waals surface area contributed by atoms with Crippen LogP contribution in [0, 0.1) is 0 Å². The highest BCUT2D eigenvalue weighted by atomic mass is 35.5. The molecule has 0 fully saturated rings. The Morgan fingerprint density at radius 1 is 1.25 bits per heavy atom. The molecule has 0 radical (unpaired) electrons. The quantitative estimate of drug-likeness (QED) is 0.787. The van der Waals surface area contributed by atoms with Gasteiger partial charge < -0.3 is 5.11 Å². The van der Waals surface area contributed by atoms with Gasteiger partial charge in [0.2, 0.25) is 0 Å². The molecular weight excluding hydrogens is 303 g/mol. The van der Waals surface area contributed by atoms with Gasteiger partial charge in [0, 0.05) is 10.6 Å². The lowest BCUT2D eigenvalue weighted by Crippen LogP contribution is -2.08. The lowest BCUT2D eigenvalue weighted by Gasteiger charge is -2.06. The highest BCUT2D eigenvalue weighted by Gasteiger charge is 2.16. The number of carboxylic acids is 1. The minimum atomic E-state index is -1.14. The molecule has 0 aliphatic heterocycles. The van der Waals surface area contributed by atoms with Crippen molar-refractivity contribution in [3.05, 3.63) is 46.3 Å². The molecule has 6 nitrogen and oxygen atoms in total. The van der Waals surface area contributed by atoms with Gasteiger partial charge in [-0.15, -0.1) is 0 Å². The Balaban J connectivity index is 2.31. The zero-order valence-corrected chi connectivity index (χ0v) is 11.3. The summed E-state index contributed by atoms with van der Waals surface area (Å²) in [5, 5.41) is 13.9. The summed E-state index contributed by atoms with van der Waals surface area (Å²) in [4.78, 5) is 19.4. The first kappa shape index (κ1) is 12.8. The molecule has 0 aliphatic rings. The number of nitrogens with zero attached hydrogens (tertiary/aromatic N) is 4.